The minimum atomic E-state index is -3.85. The molecule has 1 unspecified atom stereocenters. The van der Waals surface area contributed by atoms with Gasteiger partial charge in [0.25, 0.3) is 0 Å². The molecule has 0 spiro atoms. The molecule has 0 aliphatic heterocycles. The number of nitrogens with one attached hydrogen (secondary N) is 1. The van der Waals surface area contributed by atoms with Crippen LogP contribution in [0.15, 0.2) is 48.5 Å². The first-order chi connectivity index (χ1) is 18.2. The first-order valence-corrected chi connectivity index (χ1v) is 14.9. The lowest BCUT2D eigenvalue weighted by Gasteiger charge is -2.34. The molecule has 1 N–H and O–H groups in total. The van der Waals surface area contributed by atoms with Crippen molar-refractivity contribution in [2.24, 2.45) is 0 Å². The van der Waals surface area contributed by atoms with Crippen molar-refractivity contribution in [1.82, 2.24) is 10.2 Å². The molecule has 2 aromatic carbocycles. The summed E-state index contributed by atoms with van der Waals surface area (Å²) in [4.78, 5) is 28.7. The number of amides is 2. The second kappa shape index (κ2) is 13.5. The summed E-state index contributed by atoms with van der Waals surface area (Å²) >= 11 is 0. The Labute approximate surface area is 226 Å². The Morgan fingerprint density at radius 2 is 1.66 bits per heavy atom. The average Bonchev–Trinajstić information content (AvgIpc) is 2.91. The summed E-state index contributed by atoms with van der Waals surface area (Å²) in [6.07, 6.45) is 6.61. The fraction of sp³-hybridized carbons (Fsp3) is 0.500. The van der Waals surface area contributed by atoms with Gasteiger partial charge in [-0.15, -0.1) is 0 Å². The van der Waals surface area contributed by atoms with Crippen molar-refractivity contribution >= 4 is 27.5 Å². The van der Waals surface area contributed by atoms with E-state index >= 15 is 0 Å². The number of anilines is 1. The number of methoxy groups -OCH3 is 2. The number of rotatable bonds is 12. The van der Waals surface area contributed by atoms with E-state index in [1.807, 2.05) is 37.3 Å². The molecule has 2 aromatic rings. The third kappa shape index (κ3) is 7.63. The Balaban J connectivity index is 1.92. The average molecular weight is 546 g/mol. The molecule has 1 fully saturated rings. The van der Waals surface area contributed by atoms with Crippen molar-refractivity contribution < 1.29 is 27.5 Å². The summed E-state index contributed by atoms with van der Waals surface area (Å²) in [6, 6.07) is 13.4. The van der Waals surface area contributed by atoms with Crippen LogP contribution in [0.2, 0.25) is 0 Å². The van der Waals surface area contributed by atoms with Crippen LogP contribution in [0.5, 0.6) is 11.5 Å². The first-order valence-electron chi connectivity index (χ1n) is 13.0. The summed E-state index contributed by atoms with van der Waals surface area (Å²) in [5.41, 5.74) is 1.11. The number of carbonyl (C=O) groups excluding carboxylic acids is 2. The number of sulfonamides is 1. The van der Waals surface area contributed by atoms with E-state index in [0.29, 0.717) is 17.9 Å². The van der Waals surface area contributed by atoms with Gasteiger partial charge < -0.3 is 19.7 Å². The van der Waals surface area contributed by atoms with E-state index in [1.165, 1.54) is 31.6 Å². The summed E-state index contributed by atoms with van der Waals surface area (Å²) in [6.45, 7) is 1.58. The molecule has 1 aliphatic rings. The van der Waals surface area contributed by atoms with Crippen molar-refractivity contribution in [3.05, 3.63) is 54.1 Å². The molecule has 38 heavy (non-hydrogen) atoms. The monoisotopic (exact) mass is 545 g/mol. The minimum Gasteiger partial charge on any atom is -0.493 e. The van der Waals surface area contributed by atoms with Crippen LogP contribution in [-0.4, -0.2) is 64.2 Å². The van der Waals surface area contributed by atoms with Crippen LogP contribution in [0.25, 0.3) is 0 Å². The van der Waals surface area contributed by atoms with Gasteiger partial charge in [0.1, 0.15) is 12.6 Å². The summed E-state index contributed by atoms with van der Waals surface area (Å²) in [5, 5.41) is 3.14. The van der Waals surface area contributed by atoms with Crippen molar-refractivity contribution in [1.29, 1.82) is 0 Å². The molecule has 1 atom stereocenters. The fourth-order valence-electron chi connectivity index (χ4n) is 4.84. The van der Waals surface area contributed by atoms with Crippen LogP contribution in [-0.2, 0) is 26.2 Å². The highest BCUT2D eigenvalue weighted by Crippen LogP contribution is 2.32. The second-order valence-electron chi connectivity index (χ2n) is 9.58. The second-order valence-corrected chi connectivity index (χ2v) is 11.5. The van der Waals surface area contributed by atoms with Gasteiger partial charge in [-0.1, -0.05) is 56.5 Å². The molecule has 2 amide bonds. The van der Waals surface area contributed by atoms with E-state index in [2.05, 4.69) is 5.32 Å². The Kier molecular flexibility index (Phi) is 10.4. The van der Waals surface area contributed by atoms with E-state index in [9.17, 15) is 18.0 Å². The number of hydrogen-bond acceptors (Lipinski definition) is 6. The van der Waals surface area contributed by atoms with E-state index in [1.54, 1.807) is 12.1 Å². The van der Waals surface area contributed by atoms with E-state index in [4.69, 9.17) is 9.47 Å². The maximum Gasteiger partial charge on any atom is 0.244 e. The van der Waals surface area contributed by atoms with Gasteiger partial charge >= 0.3 is 0 Å². The smallest absolute Gasteiger partial charge is 0.244 e. The van der Waals surface area contributed by atoms with Gasteiger partial charge in [-0.3, -0.25) is 13.9 Å². The summed E-state index contributed by atoms with van der Waals surface area (Å²) in [7, 11) is -0.910. The lowest BCUT2D eigenvalue weighted by atomic mass is 9.95. The molecule has 1 aliphatic carbocycles. The van der Waals surface area contributed by atoms with Gasteiger partial charge in [0.15, 0.2) is 11.5 Å². The Morgan fingerprint density at radius 3 is 2.24 bits per heavy atom. The van der Waals surface area contributed by atoms with Crippen LogP contribution in [0, 0.1) is 0 Å². The molecule has 208 valence electrons. The Hall–Kier alpha value is -3.27. The molecule has 0 saturated heterocycles. The molecule has 0 radical (unpaired) electrons. The van der Waals surface area contributed by atoms with Crippen LogP contribution < -0.4 is 19.1 Å². The number of ether oxygens (including phenoxy) is 2. The topological polar surface area (TPSA) is 105 Å². The normalized spacial score (nSPS) is 14.8. The van der Waals surface area contributed by atoms with E-state index < -0.39 is 28.5 Å². The highest BCUT2D eigenvalue weighted by Gasteiger charge is 2.33. The molecule has 3 rings (SSSR count). The van der Waals surface area contributed by atoms with Gasteiger partial charge in [0, 0.05) is 18.7 Å². The molecule has 1 saturated carbocycles. The van der Waals surface area contributed by atoms with Crippen LogP contribution in [0.4, 0.5) is 5.69 Å². The molecule has 0 aromatic heterocycles. The first kappa shape index (κ1) is 29.3. The Morgan fingerprint density at radius 1 is 1.00 bits per heavy atom. The van der Waals surface area contributed by atoms with Crippen molar-refractivity contribution in [3.63, 3.8) is 0 Å². The summed E-state index contributed by atoms with van der Waals surface area (Å²) < 4.78 is 37.3. The predicted molar refractivity (Wildman–Crippen MR) is 148 cm³/mol. The van der Waals surface area contributed by atoms with Crippen LogP contribution in [0.1, 0.15) is 51.0 Å². The number of hydrogen-bond donors (Lipinski definition) is 1. The van der Waals surface area contributed by atoms with Crippen molar-refractivity contribution in [3.8, 4) is 11.5 Å². The van der Waals surface area contributed by atoms with E-state index in [0.717, 1.165) is 41.8 Å². The third-order valence-corrected chi connectivity index (χ3v) is 8.01. The highest BCUT2D eigenvalue weighted by molar-refractivity contribution is 7.92. The molecular weight excluding hydrogens is 506 g/mol. The van der Waals surface area contributed by atoms with Gasteiger partial charge in [0.05, 0.1) is 26.2 Å². The van der Waals surface area contributed by atoms with Crippen LogP contribution in [0.3, 0.4) is 0 Å². The number of nitrogens with zero attached hydrogens (tertiary/aromatic N) is 2. The number of carbonyl (C=O) groups is 2. The van der Waals surface area contributed by atoms with Gasteiger partial charge in [-0.25, -0.2) is 8.42 Å². The highest BCUT2D eigenvalue weighted by atomic mass is 32.2. The maximum absolute atomic E-state index is 13.8. The zero-order valence-electron chi connectivity index (χ0n) is 22.7. The molecule has 0 heterocycles. The molecule has 10 heteroatoms. The zero-order chi connectivity index (χ0) is 27.7. The third-order valence-electron chi connectivity index (χ3n) is 6.87. The van der Waals surface area contributed by atoms with Gasteiger partial charge in [0.2, 0.25) is 21.8 Å². The summed E-state index contributed by atoms with van der Waals surface area (Å²) in [5.74, 6) is 0.0955. The van der Waals surface area contributed by atoms with Crippen molar-refractivity contribution in [2.75, 3.05) is 31.3 Å². The van der Waals surface area contributed by atoms with Gasteiger partial charge in [-0.2, -0.15) is 0 Å². The van der Waals surface area contributed by atoms with Gasteiger partial charge in [-0.05, 0) is 37.0 Å². The number of benzene rings is 2. The predicted octanol–water partition coefficient (Wildman–Crippen LogP) is 3.73. The maximum atomic E-state index is 13.8. The Bertz CT molecular complexity index is 1180. The standard InChI is InChI=1S/C28H39N3O6S/c1-5-24(28(33)29-22-14-10-7-11-15-22)30(19-21-12-8-6-9-13-21)27(32)20-31(38(4,34)35)23-16-17-25(36-2)26(18-23)37-3/h6,8-9,12-13,16-18,22,24H,5,7,10-11,14-15,19-20H2,1-4H3,(H,29,33). The lowest BCUT2D eigenvalue weighted by Crippen LogP contribution is -2.53. The molecular formula is C28H39N3O6S. The fourth-order valence-corrected chi connectivity index (χ4v) is 5.68. The van der Waals surface area contributed by atoms with E-state index in [-0.39, 0.29) is 24.2 Å². The molecule has 0 bridgehead atoms. The quantitative estimate of drug-likeness (QED) is 0.436. The SMILES string of the molecule is CCC(C(=O)NC1CCCCC1)N(Cc1ccccc1)C(=O)CN(c1ccc(OC)c(OC)c1)S(C)(=O)=O. The van der Waals surface area contributed by atoms with Crippen LogP contribution >= 0.6 is 0 Å². The minimum absolute atomic E-state index is 0.0956. The lowest BCUT2D eigenvalue weighted by molar-refractivity contribution is -0.140. The zero-order valence-corrected chi connectivity index (χ0v) is 23.5. The largest absolute Gasteiger partial charge is 0.493 e. The molecule has 9 nitrogen and oxygen atoms in total. The van der Waals surface area contributed by atoms with Crippen molar-refractivity contribution in [2.45, 2.75) is 64.1 Å².